The van der Waals surface area contributed by atoms with Gasteiger partial charge in [-0.25, -0.2) is 4.98 Å². The van der Waals surface area contributed by atoms with Gasteiger partial charge < -0.3 is 9.80 Å². The summed E-state index contributed by atoms with van der Waals surface area (Å²) in [4.78, 5) is 46.9. The van der Waals surface area contributed by atoms with Crippen molar-refractivity contribution in [3.05, 3.63) is 59.8 Å². The summed E-state index contributed by atoms with van der Waals surface area (Å²) in [5.74, 6) is -0.0517. The molecule has 4 rings (SSSR count). The maximum atomic E-state index is 12.7. The summed E-state index contributed by atoms with van der Waals surface area (Å²) < 4.78 is 0. The number of nitrogens with zero attached hydrogens (tertiary/aromatic N) is 4. The molecule has 1 aromatic heterocycles. The summed E-state index contributed by atoms with van der Waals surface area (Å²) in [5, 5.41) is 0. The van der Waals surface area contributed by atoms with Crippen LogP contribution in [0.15, 0.2) is 48.7 Å². The Bertz CT molecular complexity index is 872. The molecule has 2 aromatic rings. The Hall–Kier alpha value is -3.22. The molecule has 0 atom stereocenters. The van der Waals surface area contributed by atoms with E-state index in [0.717, 1.165) is 23.6 Å². The zero-order valence-corrected chi connectivity index (χ0v) is 15.7. The lowest BCUT2D eigenvalue weighted by Crippen LogP contribution is -2.49. The number of imide groups is 1. The van der Waals surface area contributed by atoms with Gasteiger partial charge in [-0.3, -0.25) is 19.3 Å². The number of anilines is 1. The number of carbonyl (C=O) groups excluding carboxylic acids is 3. The van der Waals surface area contributed by atoms with Crippen LogP contribution in [0.1, 0.15) is 33.6 Å². The maximum absolute atomic E-state index is 12.7. The zero-order chi connectivity index (χ0) is 19.7. The number of fused-ring (bicyclic) bond motifs is 1. The molecule has 1 aromatic carbocycles. The zero-order valence-electron chi connectivity index (χ0n) is 15.7. The molecule has 3 heterocycles. The van der Waals surface area contributed by atoms with E-state index >= 15 is 0 Å². The summed E-state index contributed by atoms with van der Waals surface area (Å²) in [6.45, 7) is 1.00. The fourth-order valence-corrected chi connectivity index (χ4v) is 3.87. The highest BCUT2D eigenvalue weighted by Crippen LogP contribution is 2.24. The summed E-state index contributed by atoms with van der Waals surface area (Å²) in [7, 11) is 2.02. The third-order valence-corrected chi connectivity index (χ3v) is 5.55. The number of hydrogen-bond acceptors (Lipinski definition) is 5. The highest BCUT2D eigenvalue weighted by atomic mass is 16.2. The van der Waals surface area contributed by atoms with Gasteiger partial charge in [0.2, 0.25) is 5.91 Å². The van der Waals surface area contributed by atoms with Crippen molar-refractivity contribution in [2.24, 2.45) is 0 Å². The first-order valence-corrected chi connectivity index (χ1v) is 9.43. The van der Waals surface area contributed by atoms with Crippen molar-refractivity contribution in [1.82, 2.24) is 14.8 Å². The molecule has 7 heteroatoms. The van der Waals surface area contributed by atoms with Crippen molar-refractivity contribution in [1.29, 1.82) is 0 Å². The van der Waals surface area contributed by atoms with E-state index < -0.39 is 11.8 Å². The third kappa shape index (κ3) is 3.24. The highest BCUT2D eigenvalue weighted by molar-refractivity contribution is 6.22. The van der Waals surface area contributed by atoms with Gasteiger partial charge in [0.05, 0.1) is 11.1 Å². The number of benzene rings is 1. The average Bonchev–Trinajstić information content (AvgIpc) is 2.99. The molecule has 0 unspecified atom stereocenters. The fourth-order valence-electron chi connectivity index (χ4n) is 3.87. The number of likely N-dealkylation sites (tertiary alicyclic amines) is 1. The average molecular weight is 378 g/mol. The molecule has 28 heavy (non-hydrogen) atoms. The molecule has 0 bridgehead atoms. The Labute approximate surface area is 163 Å². The van der Waals surface area contributed by atoms with E-state index in [1.807, 2.05) is 25.2 Å². The van der Waals surface area contributed by atoms with E-state index in [1.165, 1.54) is 0 Å². The molecule has 0 aliphatic carbocycles. The smallest absolute Gasteiger partial charge is 0.262 e. The van der Waals surface area contributed by atoms with Crippen LogP contribution < -0.4 is 4.90 Å². The van der Waals surface area contributed by atoms with E-state index in [0.29, 0.717) is 30.3 Å². The van der Waals surface area contributed by atoms with Crippen molar-refractivity contribution < 1.29 is 14.4 Å². The van der Waals surface area contributed by atoms with Gasteiger partial charge in [-0.05, 0) is 37.1 Å². The number of aromatic nitrogens is 1. The Morgan fingerprint density at radius 1 is 1.04 bits per heavy atom. The molecule has 0 saturated carbocycles. The summed E-state index contributed by atoms with van der Waals surface area (Å²) in [6, 6.07) is 12.8. The Morgan fingerprint density at radius 2 is 1.64 bits per heavy atom. The van der Waals surface area contributed by atoms with Gasteiger partial charge >= 0.3 is 0 Å². The molecule has 0 radical (unpaired) electrons. The molecule has 144 valence electrons. The number of carbonyl (C=O) groups is 3. The van der Waals surface area contributed by atoms with E-state index in [4.69, 9.17) is 0 Å². The SMILES string of the molecule is CN(c1ccccn1)C1CCN(C(=O)CN2C(=O)c3ccccc3C2=O)CC1. The lowest BCUT2D eigenvalue weighted by molar-refractivity contribution is -0.132. The minimum Gasteiger partial charge on any atom is -0.357 e. The summed E-state index contributed by atoms with van der Waals surface area (Å²) in [5.41, 5.74) is 0.743. The maximum Gasteiger partial charge on any atom is 0.262 e. The quantitative estimate of drug-likeness (QED) is 0.759. The molecular weight excluding hydrogens is 356 g/mol. The fraction of sp³-hybridized carbons (Fsp3) is 0.333. The number of piperidine rings is 1. The van der Waals surface area contributed by atoms with Crippen molar-refractivity contribution in [2.45, 2.75) is 18.9 Å². The lowest BCUT2D eigenvalue weighted by atomic mass is 10.0. The van der Waals surface area contributed by atoms with Gasteiger partial charge in [0.15, 0.2) is 0 Å². The highest BCUT2D eigenvalue weighted by Gasteiger charge is 2.37. The molecular formula is C21H22N4O3. The van der Waals surface area contributed by atoms with Gasteiger partial charge in [0.1, 0.15) is 12.4 Å². The van der Waals surface area contributed by atoms with Crippen LogP contribution in [0, 0.1) is 0 Å². The van der Waals surface area contributed by atoms with E-state index in [-0.39, 0.29) is 12.5 Å². The van der Waals surface area contributed by atoms with Gasteiger partial charge in [-0.15, -0.1) is 0 Å². The molecule has 0 N–H and O–H groups in total. The Kier molecular flexibility index (Phi) is 4.81. The molecule has 7 nitrogen and oxygen atoms in total. The minimum atomic E-state index is -0.390. The van der Waals surface area contributed by atoms with E-state index in [9.17, 15) is 14.4 Å². The largest absolute Gasteiger partial charge is 0.357 e. The Morgan fingerprint density at radius 3 is 2.21 bits per heavy atom. The standard InChI is InChI=1S/C21H22N4O3/c1-23(18-8-4-5-11-22-18)15-9-12-24(13-10-15)19(26)14-25-20(27)16-6-2-3-7-17(16)21(25)28/h2-8,11,15H,9-10,12-14H2,1H3. The normalized spacial score (nSPS) is 17.0. The Balaban J connectivity index is 1.35. The van der Waals surface area contributed by atoms with Crippen LogP contribution in [0.25, 0.3) is 0 Å². The van der Waals surface area contributed by atoms with Gasteiger partial charge in [0.25, 0.3) is 11.8 Å². The van der Waals surface area contributed by atoms with Crippen LogP contribution in [0.3, 0.4) is 0 Å². The van der Waals surface area contributed by atoms with E-state index in [2.05, 4.69) is 9.88 Å². The molecule has 0 spiro atoms. The second-order valence-corrected chi connectivity index (χ2v) is 7.15. The van der Waals surface area contributed by atoms with Crippen LogP contribution in [0.5, 0.6) is 0 Å². The number of amides is 3. The van der Waals surface area contributed by atoms with Gasteiger partial charge in [-0.2, -0.15) is 0 Å². The monoisotopic (exact) mass is 378 g/mol. The van der Waals surface area contributed by atoms with Crippen LogP contribution >= 0.6 is 0 Å². The third-order valence-electron chi connectivity index (χ3n) is 5.55. The van der Waals surface area contributed by atoms with Crippen molar-refractivity contribution in [3.8, 4) is 0 Å². The molecule has 2 aliphatic heterocycles. The topological polar surface area (TPSA) is 73.8 Å². The van der Waals surface area contributed by atoms with Crippen LogP contribution in [0.4, 0.5) is 5.82 Å². The number of rotatable bonds is 4. The van der Waals surface area contributed by atoms with Crippen LogP contribution in [-0.4, -0.2) is 65.2 Å². The number of hydrogen-bond donors (Lipinski definition) is 0. The van der Waals surface area contributed by atoms with Crippen molar-refractivity contribution >= 4 is 23.5 Å². The molecule has 2 aliphatic rings. The van der Waals surface area contributed by atoms with Crippen LogP contribution in [0.2, 0.25) is 0 Å². The predicted molar refractivity (Wildman–Crippen MR) is 104 cm³/mol. The van der Waals surface area contributed by atoms with Gasteiger partial charge in [-0.1, -0.05) is 18.2 Å². The second-order valence-electron chi connectivity index (χ2n) is 7.15. The first-order valence-electron chi connectivity index (χ1n) is 9.43. The molecule has 1 fully saturated rings. The first kappa shape index (κ1) is 18.2. The lowest BCUT2D eigenvalue weighted by Gasteiger charge is -2.37. The second kappa shape index (κ2) is 7.42. The van der Waals surface area contributed by atoms with E-state index in [1.54, 1.807) is 35.4 Å². The first-order chi connectivity index (χ1) is 13.6. The molecule has 3 amide bonds. The molecule has 1 saturated heterocycles. The minimum absolute atomic E-state index is 0.187. The summed E-state index contributed by atoms with van der Waals surface area (Å²) >= 11 is 0. The number of pyridine rings is 1. The van der Waals surface area contributed by atoms with Crippen LogP contribution in [-0.2, 0) is 4.79 Å². The van der Waals surface area contributed by atoms with Crippen molar-refractivity contribution in [3.63, 3.8) is 0 Å². The summed E-state index contributed by atoms with van der Waals surface area (Å²) in [6.07, 6.45) is 3.41. The predicted octanol–water partition coefficient (Wildman–Crippen LogP) is 1.81. The van der Waals surface area contributed by atoms with Crippen molar-refractivity contribution in [2.75, 3.05) is 31.6 Å². The van der Waals surface area contributed by atoms with Gasteiger partial charge in [0, 0.05) is 32.4 Å².